The van der Waals surface area contributed by atoms with Gasteiger partial charge in [-0.05, 0) is 39.2 Å². The number of nitrogens with two attached hydrogens (primary N) is 1. The van der Waals surface area contributed by atoms with Crippen LogP contribution in [0.1, 0.15) is 42.6 Å². The summed E-state index contributed by atoms with van der Waals surface area (Å²) in [5.74, 6) is 0.649. The number of hydrogen-bond donors (Lipinski definition) is 2. The molecule has 1 aliphatic rings. The molecule has 0 amide bonds. The largest absolute Gasteiger partial charge is 0.330 e. The lowest BCUT2D eigenvalue weighted by Gasteiger charge is -2.31. The van der Waals surface area contributed by atoms with Crippen LogP contribution >= 0.6 is 0 Å². The lowest BCUT2D eigenvalue weighted by Crippen LogP contribution is -2.41. The molecule has 4 nitrogen and oxygen atoms in total. The van der Waals surface area contributed by atoms with Crippen LogP contribution in [-0.2, 0) is 13.6 Å². The first kappa shape index (κ1) is 13.6. The molecule has 1 heterocycles. The normalized spacial score (nSPS) is 24.4. The molecule has 0 saturated heterocycles. The van der Waals surface area contributed by atoms with Gasteiger partial charge in [-0.1, -0.05) is 12.8 Å². The minimum atomic E-state index is 0.586. The number of hydrogen-bond acceptors (Lipinski definition) is 3. The highest BCUT2D eigenvalue weighted by molar-refractivity contribution is 5.24. The van der Waals surface area contributed by atoms with Crippen molar-refractivity contribution >= 4 is 0 Å². The quantitative estimate of drug-likeness (QED) is 0.854. The topological polar surface area (TPSA) is 55.9 Å². The van der Waals surface area contributed by atoms with E-state index in [0.29, 0.717) is 12.0 Å². The van der Waals surface area contributed by atoms with E-state index in [1.54, 1.807) is 0 Å². The first-order valence-electron chi connectivity index (χ1n) is 7.06. The van der Waals surface area contributed by atoms with Gasteiger partial charge in [0.05, 0.1) is 5.69 Å². The van der Waals surface area contributed by atoms with E-state index in [-0.39, 0.29) is 0 Å². The highest BCUT2D eigenvalue weighted by Gasteiger charge is 2.23. The standard InChI is InChI=1S/C14H26N4/c1-10-13(11(2)18(3)17-10)9-16-14-7-5-4-6-12(14)8-15/h12,14,16H,4-9,15H2,1-3H3. The van der Waals surface area contributed by atoms with Crippen molar-refractivity contribution in [3.63, 3.8) is 0 Å². The molecule has 0 aromatic carbocycles. The van der Waals surface area contributed by atoms with E-state index in [2.05, 4.69) is 24.3 Å². The van der Waals surface area contributed by atoms with Crippen molar-refractivity contribution in [1.29, 1.82) is 0 Å². The molecule has 1 fully saturated rings. The molecule has 0 radical (unpaired) electrons. The Morgan fingerprint density at radius 3 is 2.67 bits per heavy atom. The molecule has 1 aromatic heterocycles. The van der Waals surface area contributed by atoms with Crippen LogP contribution in [0.4, 0.5) is 0 Å². The predicted octanol–water partition coefficient (Wildman–Crippen LogP) is 1.64. The van der Waals surface area contributed by atoms with E-state index < -0.39 is 0 Å². The Balaban J connectivity index is 1.98. The Labute approximate surface area is 110 Å². The van der Waals surface area contributed by atoms with Crippen molar-refractivity contribution in [3.05, 3.63) is 17.0 Å². The molecular formula is C14H26N4. The molecule has 2 unspecified atom stereocenters. The fourth-order valence-electron chi connectivity index (χ4n) is 3.06. The highest BCUT2D eigenvalue weighted by atomic mass is 15.3. The summed E-state index contributed by atoms with van der Waals surface area (Å²) in [6.07, 6.45) is 5.21. The van der Waals surface area contributed by atoms with Crippen LogP contribution in [0.25, 0.3) is 0 Å². The van der Waals surface area contributed by atoms with Gasteiger partial charge in [0.25, 0.3) is 0 Å². The molecule has 1 saturated carbocycles. The summed E-state index contributed by atoms with van der Waals surface area (Å²) in [5, 5.41) is 8.17. The molecule has 0 bridgehead atoms. The van der Waals surface area contributed by atoms with Gasteiger partial charge in [0.1, 0.15) is 0 Å². The van der Waals surface area contributed by atoms with Crippen molar-refractivity contribution in [2.45, 2.75) is 52.1 Å². The van der Waals surface area contributed by atoms with Crippen molar-refractivity contribution in [3.8, 4) is 0 Å². The van der Waals surface area contributed by atoms with Crippen molar-refractivity contribution in [1.82, 2.24) is 15.1 Å². The highest BCUT2D eigenvalue weighted by Crippen LogP contribution is 2.24. The molecule has 0 aliphatic heterocycles. The van der Waals surface area contributed by atoms with E-state index >= 15 is 0 Å². The smallest absolute Gasteiger partial charge is 0.0641 e. The summed E-state index contributed by atoms with van der Waals surface area (Å²) in [5.41, 5.74) is 9.62. The van der Waals surface area contributed by atoms with Gasteiger partial charge in [-0.25, -0.2) is 0 Å². The first-order chi connectivity index (χ1) is 8.63. The van der Waals surface area contributed by atoms with Crippen molar-refractivity contribution < 1.29 is 0 Å². The lowest BCUT2D eigenvalue weighted by molar-refractivity contribution is 0.266. The van der Waals surface area contributed by atoms with Gasteiger partial charge in [0.15, 0.2) is 0 Å². The maximum atomic E-state index is 5.87. The zero-order chi connectivity index (χ0) is 13.1. The number of nitrogens with one attached hydrogen (secondary N) is 1. The predicted molar refractivity (Wildman–Crippen MR) is 74.3 cm³/mol. The second kappa shape index (κ2) is 5.85. The first-order valence-corrected chi connectivity index (χ1v) is 7.06. The number of aromatic nitrogens is 2. The van der Waals surface area contributed by atoms with Gasteiger partial charge in [-0.3, -0.25) is 4.68 Å². The molecular weight excluding hydrogens is 224 g/mol. The summed E-state index contributed by atoms with van der Waals surface area (Å²) >= 11 is 0. The monoisotopic (exact) mass is 250 g/mol. The van der Waals surface area contributed by atoms with Gasteiger partial charge in [0.2, 0.25) is 0 Å². The van der Waals surface area contributed by atoms with Gasteiger partial charge in [0, 0.05) is 30.9 Å². The third-order valence-electron chi connectivity index (χ3n) is 4.41. The molecule has 102 valence electrons. The van der Waals surface area contributed by atoms with E-state index in [9.17, 15) is 0 Å². The average molecular weight is 250 g/mol. The third kappa shape index (κ3) is 2.75. The Hall–Kier alpha value is -0.870. The molecule has 2 atom stereocenters. The van der Waals surface area contributed by atoms with E-state index in [0.717, 1.165) is 18.8 Å². The Kier molecular flexibility index (Phi) is 4.40. The zero-order valence-electron chi connectivity index (χ0n) is 11.9. The van der Waals surface area contributed by atoms with Gasteiger partial charge < -0.3 is 11.1 Å². The number of aryl methyl sites for hydroxylation is 2. The van der Waals surface area contributed by atoms with Crippen molar-refractivity contribution in [2.75, 3.05) is 6.54 Å². The molecule has 2 rings (SSSR count). The molecule has 0 spiro atoms. The van der Waals surface area contributed by atoms with Crippen LogP contribution in [-0.4, -0.2) is 22.4 Å². The summed E-state index contributed by atoms with van der Waals surface area (Å²) < 4.78 is 1.97. The Bertz CT molecular complexity index is 397. The average Bonchev–Trinajstić information content (AvgIpc) is 2.62. The van der Waals surface area contributed by atoms with Crippen LogP contribution in [0, 0.1) is 19.8 Å². The maximum absolute atomic E-state index is 5.87. The summed E-state index contributed by atoms with van der Waals surface area (Å²) in [6, 6.07) is 0.586. The second-order valence-electron chi connectivity index (χ2n) is 5.54. The molecule has 1 aromatic rings. The Morgan fingerprint density at radius 1 is 1.33 bits per heavy atom. The van der Waals surface area contributed by atoms with Crippen LogP contribution in [0.5, 0.6) is 0 Å². The minimum absolute atomic E-state index is 0.586. The molecule has 3 N–H and O–H groups in total. The molecule has 1 aliphatic carbocycles. The van der Waals surface area contributed by atoms with Gasteiger partial charge in [-0.15, -0.1) is 0 Å². The number of nitrogens with zero attached hydrogens (tertiary/aromatic N) is 2. The number of rotatable bonds is 4. The Morgan fingerprint density at radius 2 is 2.06 bits per heavy atom. The van der Waals surface area contributed by atoms with E-state index in [1.165, 1.54) is 36.9 Å². The third-order valence-corrected chi connectivity index (χ3v) is 4.41. The summed E-state index contributed by atoms with van der Waals surface area (Å²) in [7, 11) is 2.01. The fraction of sp³-hybridized carbons (Fsp3) is 0.786. The maximum Gasteiger partial charge on any atom is 0.0641 e. The summed E-state index contributed by atoms with van der Waals surface area (Å²) in [4.78, 5) is 0. The van der Waals surface area contributed by atoms with Crippen molar-refractivity contribution in [2.24, 2.45) is 18.7 Å². The van der Waals surface area contributed by atoms with Crippen LogP contribution in [0.15, 0.2) is 0 Å². The summed E-state index contributed by atoms with van der Waals surface area (Å²) in [6.45, 7) is 5.96. The minimum Gasteiger partial charge on any atom is -0.330 e. The van der Waals surface area contributed by atoms with Crippen LogP contribution in [0.3, 0.4) is 0 Å². The van der Waals surface area contributed by atoms with Gasteiger partial charge in [-0.2, -0.15) is 5.10 Å². The lowest BCUT2D eigenvalue weighted by atomic mass is 9.84. The van der Waals surface area contributed by atoms with Crippen LogP contribution < -0.4 is 11.1 Å². The van der Waals surface area contributed by atoms with Gasteiger partial charge >= 0.3 is 0 Å². The molecule has 18 heavy (non-hydrogen) atoms. The molecule has 4 heteroatoms. The SMILES string of the molecule is Cc1nn(C)c(C)c1CNC1CCCCC1CN. The van der Waals surface area contributed by atoms with E-state index in [4.69, 9.17) is 5.73 Å². The fourth-order valence-corrected chi connectivity index (χ4v) is 3.06. The van der Waals surface area contributed by atoms with Crippen LogP contribution in [0.2, 0.25) is 0 Å². The van der Waals surface area contributed by atoms with E-state index in [1.807, 2.05) is 11.7 Å². The second-order valence-corrected chi connectivity index (χ2v) is 5.54. The zero-order valence-corrected chi connectivity index (χ0v) is 11.9.